The fraction of sp³-hybridized carbons (Fsp3) is 0.625. The Bertz CT molecular complexity index is 373. The highest BCUT2D eigenvalue weighted by atomic mass is 16.5. The zero-order valence-electron chi connectivity index (χ0n) is 12.7. The summed E-state index contributed by atoms with van der Waals surface area (Å²) in [4.78, 5) is 0. The van der Waals surface area contributed by atoms with Gasteiger partial charge in [0.2, 0.25) is 0 Å². The van der Waals surface area contributed by atoms with Crippen LogP contribution in [-0.4, -0.2) is 18.8 Å². The van der Waals surface area contributed by atoms with Gasteiger partial charge in [-0.2, -0.15) is 0 Å². The van der Waals surface area contributed by atoms with Crippen LogP contribution in [0.5, 0.6) is 0 Å². The fourth-order valence-electron chi connectivity index (χ4n) is 2.38. The van der Waals surface area contributed by atoms with Crippen LogP contribution in [0.1, 0.15) is 43.4 Å². The van der Waals surface area contributed by atoms with E-state index in [2.05, 4.69) is 44.4 Å². The van der Waals surface area contributed by atoms with Crippen molar-refractivity contribution < 1.29 is 4.74 Å². The van der Waals surface area contributed by atoms with Crippen LogP contribution in [0, 0.1) is 13.8 Å². The Labute approximate surface area is 117 Å². The molecule has 19 heavy (non-hydrogen) atoms. The van der Waals surface area contributed by atoms with E-state index in [1.54, 1.807) is 0 Å². The van der Waals surface area contributed by atoms with Gasteiger partial charge < -0.3 is 4.74 Å². The Morgan fingerprint density at radius 1 is 1.21 bits per heavy atom. The largest absolute Gasteiger partial charge is 0.377 e. The molecule has 0 heterocycles. The van der Waals surface area contributed by atoms with Crippen LogP contribution in [0.2, 0.25) is 0 Å². The normalized spacial score (nSPS) is 14.4. The molecule has 0 amide bonds. The lowest BCUT2D eigenvalue weighted by Crippen LogP contribution is -2.46. The maximum atomic E-state index is 5.82. The number of benzene rings is 1. The third-order valence-corrected chi connectivity index (χ3v) is 3.64. The minimum Gasteiger partial charge on any atom is -0.377 e. The number of aryl methyl sites for hydroxylation is 2. The molecule has 0 bridgehead atoms. The SMILES string of the molecule is CCCC(OCC)C(Cc1ccc(C)c(C)c1)NN. The van der Waals surface area contributed by atoms with Gasteiger partial charge in [-0.15, -0.1) is 0 Å². The van der Waals surface area contributed by atoms with Crippen molar-refractivity contribution in [2.45, 2.75) is 59.1 Å². The van der Waals surface area contributed by atoms with Gasteiger partial charge in [-0.3, -0.25) is 11.3 Å². The summed E-state index contributed by atoms with van der Waals surface area (Å²) in [5.41, 5.74) is 6.90. The summed E-state index contributed by atoms with van der Waals surface area (Å²) in [5.74, 6) is 5.72. The molecule has 0 saturated heterocycles. The van der Waals surface area contributed by atoms with Crippen molar-refractivity contribution >= 4 is 0 Å². The summed E-state index contributed by atoms with van der Waals surface area (Å²) >= 11 is 0. The lowest BCUT2D eigenvalue weighted by Gasteiger charge is -2.26. The molecule has 0 aliphatic carbocycles. The van der Waals surface area contributed by atoms with Crippen molar-refractivity contribution in [1.29, 1.82) is 0 Å². The van der Waals surface area contributed by atoms with Gasteiger partial charge in [0.05, 0.1) is 12.1 Å². The summed E-state index contributed by atoms with van der Waals surface area (Å²) in [5, 5.41) is 0. The van der Waals surface area contributed by atoms with E-state index in [1.807, 2.05) is 6.92 Å². The highest BCUT2D eigenvalue weighted by Gasteiger charge is 2.20. The molecular weight excluding hydrogens is 236 g/mol. The standard InChI is InChI=1S/C16H28N2O/c1-5-7-16(19-6-2)15(18-17)11-14-9-8-12(3)13(4)10-14/h8-10,15-16,18H,5-7,11,17H2,1-4H3. The second kappa shape index (κ2) is 8.31. The maximum absolute atomic E-state index is 5.82. The second-order valence-electron chi connectivity index (χ2n) is 5.18. The van der Waals surface area contributed by atoms with Gasteiger partial charge in [-0.25, -0.2) is 0 Å². The first-order valence-electron chi connectivity index (χ1n) is 7.26. The molecular formula is C16H28N2O. The minimum atomic E-state index is 0.169. The first-order chi connectivity index (χ1) is 9.12. The van der Waals surface area contributed by atoms with E-state index in [0.29, 0.717) is 0 Å². The monoisotopic (exact) mass is 264 g/mol. The fourth-order valence-corrected chi connectivity index (χ4v) is 2.38. The first-order valence-corrected chi connectivity index (χ1v) is 7.26. The predicted molar refractivity (Wildman–Crippen MR) is 81.1 cm³/mol. The van der Waals surface area contributed by atoms with E-state index in [9.17, 15) is 0 Å². The van der Waals surface area contributed by atoms with Crippen LogP contribution in [0.25, 0.3) is 0 Å². The molecule has 2 unspecified atom stereocenters. The summed E-state index contributed by atoms with van der Waals surface area (Å²) in [7, 11) is 0. The van der Waals surface area contributed by atoms with Crippen molar-refractivity contribution in [2.24, 2.45) is 5.84 Å². The zero-order valence-corrected chi connectivity index (χ0v) is 12.7. The van der Waals surface area contributed by atoms with E-state index >= 15 is 0 Å². The number of hydrogen-bond donors (Lipinski definition) is 2. The van der Waals surface area contributed by atoms with Crippen molar-refractivity contribution in [3.8, 4) is 0 Å². The van der Waals surface area contributed by atoms with Crippen LogP contribution in [0.4, 0.5) is 0 Å². The number of hydrazine groups is 1. The molecule has 2 atom stereocenters. The average molecular weight is 264 g/mol. The van der Waals surface area contributed by atoms with Crippen LogP contribution < -0.4 is 11.3 Å². The van der Waals surface area contributed by atoms with E-state index in [1.165, 1.54) is 16.7 Å². The average Bonchev–Trinajstić information content (AvgIpc) is 2.40. The van der Waals surface area contributed by atoms with E-state index < -0.39 is 0 Å². The van der Waals surface area contributed by atoms with Gasteiger partial charge in [0.25, 0.3) is 0 Å². The van der Waals surface area contributed by atoms with Crippen LogP contribution in [0.15, 0.2) is 18.2 Å². The van der Waals surface area contributed by atoms with Crippen molar-refractivity contribution in [1.82, 2.24) is 5.43 Å². The number of rotatable bonds is 8. The van der Waals surface area contributed by atoms with Gasteiger partial charge in [-0.05, 0) is 50.3 Å². The zero-order chi connectivity index (χ0) is 14.3. The second-order valence-corrected chi connectivity index (χ2v) is 5.18. The highest BCUT2D eigenvalue weighted by molar-refractivity contribution is 5.30. The minimum absolute atomic E-state index is 0.169. The number of hydrogen-bond acceptors (Lipinski definition) is 3. The van der Waals surface area contributed by atoms with Crippen molar-refractivity contribution in [3.63, 3.8) is 0 Å². The first kappa shape index (κ1) is 16.2. The Kier molecular flexibility index (Phi) is 7.06. The number of nitrogens with one attached hydrogen (secondary N) is 1. The van der Waals surface area contributed by atoms with Gasteiger partial charge in [0.1, 0.15) is 0 Å². The molecule has 0 aliphatic heterocycles. The molecule has 108 valence electrons. The van der Waals surface area contributed by atoms with Crippen LogP contribution in [0.3, 0.4) is 0 Å². The molecule has 0 saturated carbocycles. The molecule has 3 N–H and O–H groups in total. The van der Waals surface area contributed by atoms with Crippen LogP contribution in [-0.2, 0) is 11.2 Å². The van der Waals surface area contributed by atoms with Gasteiger partial charge in [0, 0.05) is 6.61 Å². The van der Waals surface area contributed by atoms with Crippen molar-refractivity contribution in [3.05, 3.63) is 34.9 Å². The molecule has 0 fully saturated rings. The molecule has 0 aromatic heterocycles. The molecule has 0 radical (unpaired) electrons. The van der Waals surface area contributed by atoms with E-state index in [-0.39, 0.29) is 12.1 Å². The molecule has 1 rings (SSSR count). The molecule has 1 aromatic rings. The lowest BCUT2D eigenvalue weighted by molar-refractivity contribution is 0.0281. The quantitative estimate of drug-likeness (QED) is 0.560. The molecule has 0 aliphatic rings. The smallest absolute Gasteiger partial charge is 0.0744 e. The molecule has 3 heteroatoms. The lowest BCUT2D eigenvalue weighted by atomic mass is 9.96. The molecule has 0 spiro atoms. The van der Waals surface area contributed by atoms with Crippen LogP contribution >= 0.6 is 0 Å². The number of ether oxygens (including phenoxy) is 1. The summed E-state index contributed by atoms with van der Waals surface area (Å²) < 4.78 is 5.82. The third kappa shape index (κ3) is 4.94. The Morgan fingerprint density at radius 3 is 2.47 bits per heavy atom. The molecule has 1 aromatic carbocycles. The van der Waals surface area contributed by atoms with E-state index in [4.69, 9.17) is 10.6 Å². The molecule has 3 nitrogen and oxygen atoms in total. The van der Waals surface area contributed by atoms with Gasteiger partial charge in [0.15, 0.2) is 0 Å². The Balaban J connectivity index is 2.75. The van der Waals surface area contributed by atoms with Crippen molar-refractivity contribution in [2.75, 3.05) is 6.61 Å². The Hall–Kier alpha value is -0.900. The number of nitrogens with two attached hydrogens (primary N) is 1. The Morgan fingerprint density at radius 2 is 1.95 bits per heavy atom. The van der Waals surface area contributed by atoms with Gasteiger partial charge in [-0.1, -0.05) is 31.5 Å². The summed E-state index contributed by atoms with van der Waals surface area (Å²) in [6.45, 7) is 9.23. The van der Waals surface area contributed by atoms with Gasteiger partial charge >= 0.3 is 0 Å². The predicted octanol–water partition coefficient (Wildman–Crippen LogP) is 2.88. The maximum Gasteiger partial charge on any atom is 0.0744 e. The topological polar surface area (TPSA) is 47.3 Å². The summed E-state index contributed by atoms with van der Waals surface area (Å²) in [6, 6.07) is 6.77. The van der Waals surface area contributed by atoms with E-state index in [0.717, 1.165) is 25.9 Å². The third-order valence-electron chi connectivity index (χ3n) is 3.64. The summed E-state index contributed by atoms with van der Waals surface area (Å²) in [6.07, 6.45) is 3.23. The highest BCUT2D eigenvalue weighted by Crippen LogP contribution is 2.15.